The van der Waals surface area contributed by atoms with Crippen LogP contribution in [0.15, 0.2) is 40.1 Å². The first-order chi connectivity index (χ1) is 11.0. The third kappa shape index (κ3) is 1.91. The molecule has 23 heavy (non-hydrogen) atoms. The summed E-state index contributed by atoms with van der Waals surface area (Å²) in [5.74, 6) is 0. The van der Waals surface area contributed by atoms with E-state index in [9.17, 15) is 9.59 Å². The summed E-state index contributed by atoms with van der Waals surface area (Å²) in [4.78, 5) is 29.8. The molecule has 0 aliphatic heterocycles. The van der Waals surface area contributed by atoms with Crippen LogP contribution in [0.25, 0.3) is 26.8 Å². The molecule has 0 aliphatic rings. The van der Waals surface area contributed by atoms with Gasteiger partial charge in [-0.15, -0.1) is 11.3 Å². The molecule has 6 heteroatoms. The minimum absolute atomic E-state index is 0.263. The molecule has 0 saturated heterocycles. The van der Waals surface area contributed by atoms with Crippen molar-refractivity contribution in [3.05, 3.63) is 61.7 Å². The first-order valence-electron chi connectivity index (χ1n) is 7.28. The van der Waals surface area contributed by atoms with Crippen LogP contribution < -0.4 is 11.2 Å². The lowest BCUT2D eigenvalue weighted by atomic mass is 10.2. The Morgan fingerprint density at radius 3 is 2.70 bits per heavy atom. The predicted octanol–water partition coefficient (Wildman–Crippen LogP) is 2.85. The van der Waals surface area contributed by atoms with Gasteiger partial charge in [0.15, 0.2) is 0 Å². The third-order valence-electron chi connectivity index (χ3n) is 4.35. The number of hydrogen-bond donors (Lipinski definition) is 1. The molecule has 0 amide bonds. The van der Waals surface area contributed by atoms with Gasteiger partial charge in [0.1, 0.15) is 4.83 Å². The number of nitrogens with one attached hydrogen (secondary N) is 1. The van der Waals surface area contributed by atoms with Gasteiger partial charge in [0.25, 0.3) is 5.56 Å². The second kappa shape index (κ2) is 4.70. The average molecular weight is 325 g/mol. The van der Waals surface area contributed by atoms with Crippen LogP contribution in [0.5, 0.6) is 0 Å². The van der Waals surface area contributed by atoms with E-state index in [2.05, 4.69) is 4.98 Å². The summed E-state index contributed by atoms with van der Waals surface area (Å²) in [6, 6.07) is 7.56. The zero-order chi connectivity index (χ0) is 16.3. The van der Waals surface area contributed by atoms with Crippen molar-refractivity contribution in [1.29, 1.82) is 0 Å². The third-order valence-corrected chi connectivity index (χ3v) is 5.48. The number of nitrogens with zero attached hydrogens (tertiary/aromatic N) is 2. The lowest BCUT2D eigenvalue weighted by Gasteiger charge is -2.06. The van der Waals surface area contributed by atoms with E-state index in [-0.39, 0.29) is 5.56 Å². The lowest BCUT2D eigenvalue weighted by Crippen LogP contribution is -2.33. The topological polar surface area (TPSA) is 59.8 Å². The van der Waals surface area contributed by atoms with Crippen molar-refractivity contribution >= 4 is 32.5 Å². The quantitative estimate of drug-likeness (QED) is 0.585. The predicted molar refractivity (Wildman–Crippen MR) is 94.0 cm³/mol. The van der Waals surface area contributed by atoms with E-state index >= 15 is 0 Å². The summed E-state index contributed by atoms with van der Waals surface area (Å²) in [5, 5.41) is 1.59. The Balaban J connectivity index is 2.09. The molecule has 0 bridgehead atoms. The van der Waals surface area contributed by atoms with Gasteiger partial charge in [-0.25, -0.2) is 9.36 Å². The van der Waals surface area contributed by atoms with E-state index < -0.39 is 5.69 Å². The molecule has 0 fully saturated rings. The number of aromatic amines is 1. The highest BCUT2D eigenvalue weighted by molar-refractivity contribution is 7.18. The van der Waals surface area contributed by atoms with Gasteiger partial charge in [-0.2, -0.15) is 0 Å². The minimum atomic E-state index is -0.404. The van der Waals surface area contributed by atoms with Gasteiger partial charge in [0.2, 0.25) is 0 Å². The van der Waals surface area contributed by atoms with Gasteiger partial charge >= 0.3 is 5.69 Å². The van der Waals surface area contributed by atoms with Crippen LogP contribution in [0, 0.1) is 13.8 Å². The van der Waals surface area contributed by atoms with Gasteiger partial charge in [0.05, 0.1) is 11.1 Å². The summed E-state index contributed by atoms with van der Waals surface area (Å²) in [5.41, 5.74) is 1.91. The van der Waals surface area contributed by atoms with Crippen molar-refractivity contribution in [2.24, 2.45) is 7.05 Å². The second-order valence-electron chi connectivity index (χ2n) is 5.73. The van der Waals surface area contributed by atoms with Gasteiger partial charge in [0, 0.05) is 29.0 Å². The fourth-order valence-corrected chi connectivity index (χ4v) is 4.01. The van der Waals surface area contributed by atoms with Gasteiger partial charge in [-0.3, -0.25) is 9.78 Å². The number of benzene rings is 1. The molecule has 1 aromatic carbocycles. The Morgan fingerprint density at radius 1 is 1.13 bits per heavy atom. The molecule has 0 spiro atoms. The molecule has 3 aromatic heterocycles. The van der Waals surface area contributed by atoms with Crippen LogP contribution >= 0.6 is 11.3 Å². The number of thiophene rings is 1. The van der Waals surface area contributed by atoms with Gasteiger partial charge in [-0.05, 0) is 43.7 Å². The van der Waals surface area contributed by atoms with E-state index in [4.69, 9.17) is 0 Å². The standard InChI is InChI=1S/C17H15N3O2S/c1-9-10(2)23-15-14(9)16(21)20(17(22)18-15)12-4-5-13-11(8-12)6-7-19(13)3/h4-8H,1-3H3,(H,18,22). The van der Waals surface area contributed by atoms with Crippen molar-refractivity contribution in [3.8, 4) is 5.69 Å². The molecule has 0 atom stereocenters. The zero-order valence-electron chi connectivity index (χ0n) is 13.0. The Morgan fingerprint density at radius 2 is 1.91 bits per heavy atom. The van der Waals surface area contributed by atoms with Crippen LogP contribution in [0.1, 0.15) is 10.4 Å². The monoisotopic (exact) mass is 325 g/mol. The Kier molecular flexibility index (Phi) is 2.86. The lowest BCUT2D eigenvalue weighted by molar-refractivity contribution is 0.904. The number of rotatable bonds is 1. The van der Waals surface area contributed by atoms with E-state index in [0.29, 0.717) is 15.9 Å². The molecule has 0 saturated carbocycles. The van der Waals surface area contributed by atoms with Crippen LogP contribution in [-0.2, 0) is 7.05 Å². The maximum atomic E-state index is 12.9. The summed E-state index contributed by atoms with van der Waals surface area (Å²) >= 11 is 1.44. The molecular formula is C17H15N3O2S. The number of hydrogen-bond acceptors (Lipinski definition) is 3. The second-order valence-corrected chi connectivity index (χ2v) is 6.95. The molecule has 5 nitrogen and oxygen atoms in total. The highest BCUT2D eigenvalue weighted by atomic mass is 32.1. The normalized spacial score (nSPS) is 11.6. The summed E-state index contributed by atoms with van der Waals surface area (Å²) < 4.78 is 3.22. The zero-order valence-corrected chi connectivity index (χ0v) is 13.8. The SMILES string of the molecule is Cc1sc2[nH]c(=O)n(-c3ccc4c(ccn4C)c3)c(=O)c2c1C. The summed E-state index contributed by atoms with van der Waals surface area (Å²) in [6.45, 7) is 3.87. The highest BCUT2D eigenvalue weighted by Crippen LogP contribution is 2.25. The number of H-pyrrole nitrogens is 1. The highest BCUT2D eigenvalue weighted by Gasteiger charge is 2.15. The molecule has 4 aromatic rings. The van der Waals surface area contributed by atoms with Gasteiger partial charge < -0.3 is 4.57 Å². The van der Waals surface area contributed by atoms with Crippen molar-refractivity contribution in [3.63, 3.8) is 0 Å². The molecule has 1 N–H and O–H groups in total. The van der Waals surface area contributed by atoms with Crippen molar-refractivity contribution in [1.82, 2.24) is 14.1 Å². The first kappa shape index (κ1) is 14.0. The summed E-state index contributed by atoms with van der Waals surface area (Å²) in [7, 11) is 1.96. The Hall–Kier alpha value is -2.60. The van der Waals surface area contributed by atoms with Crippen molar-refractivity contribution < 1.29 is 0 Å². The van der Waals surface area contributed by atoms with Crippen LogP contribution in [0.3, 0.4) is 0 Å². The fourth-order valence-electron chi connectivity index (χ4n) is 2.97. The maximum absolute atomic E-state index is 12.9. The fraction of sp³-hybridized carbons (Fsp3) is 0.176. The Labute approximate surface area is 135 Å². The molecule has 4 rings (SSSR count). The number of fused-ring (bicyclic) bond motifs is 2. The smallest absolute Gasteiger partial charge is 0.334 e. The largest absolute Gasteiger partial charge is 0.351 e. The first-order valence-corrected chi connectivity index (χ1v) is 8.09. The van der Waals surface area contributed by atoms with E-state index in [1.54, 1.807) is 6.07 Å². The average Bonchev–Trinajstić information content (AvgIpc) is 3.00. The van der Waals surface area contributed by atoms with Crippen molar-refractivity contribution in [2.45, 2.75) is 13.8 Å². The number of aromatic nitrogens is 3. The molecule has 0 radical (unpaired) electrons. The van der Waals surface area contributed by atoms with E-state index in [0.717, 1.165) is 21.3 Å². The molecule has 0 aliphatic carbocycles. The maximum Gasteiger partial charge on any atom is 0.334 e. The van der Waals surface area contributed by atoms with E-state index in [1.165, 1.54) is 15.9 Å². The van der Waals surface area contributed by atoms with Gasteiger partial charge in [-0.1, -0.05) is 0 Å². The van der Waals surface area contributed by atoms with E-state index in [1.807, 2.05) is 49.9 Å². The van der Waals surface area contributed by atoms with Crippen LogP contribution in [-0.4, -0.2) is 14.1 Å². The number of aryl methyl sites for hydroxylation is 3. The van der Waals surface area contributed by atoms with Crippen LogP contribution in [0.4, 0.5) is 0 Å². The Bertz CT molecular complexity index is 1190. The molecule has 0 unspecified atom stereocenters. The molecule has 3 heterocycles. The van der Waals surface area contributed by atoms with Crippen molar-refractivity contribution in [2.75, 3.05) is 0 Å². The minimum Gasteiger partial charge on any atom is -0.351 e. The summed E-state index contributed by atoms with van der Waals surface area (Å²) in [6.07, 6.45) is 1.96. The van der Waals surface area contributed by atoms with Crippen LogP contribution in [0.2, 0.25) is 0 Å². The molecule has 116 valence electrons. The molecular weight excluding hydrogens is 310 g/mol.